The van der Waals surface area contributed by atoms with Crippen LogP contribution in [0.15, 0.2) is 30.3 Å². The molecule has 0 bridgehead atoms. The number of esters is 2. The zero-order valence-corrected chi connectivity index (χ0v) is 13.7. The molecule has 1 rings (SSSR count). The molecule has 128 valence electrons. The first-order valence-electron chi connectivity index (χ1n) is 7.58. The van der Waals surface area contributed by atoms with Gasteiger partial charge in [0.25, 0.3) is 0 Å². The topological polar surface area (TPSA) is 71.1 Å². The Kier molecular flexibility index (Phi) is 9.66. The van der Waals surface area contributed by atoms with E-state index in [0.717, 1.165) is 5.56 Å². The van der Waals surface area contributed by atoms with Crippen molar-refractivity contribution in [2.45, 2.75) is 33.0 Å². The third-order valence-corrected chi connectivity index (χ3v) is 2.84. The molecule has 0 amide bonds. The van der Waals surface area contributed by atoms with Gasteiger partial charge in [0.2, 0.25) is 0 Å². The first-order chi connectivity index (χ1) is 11.1. The molecule has 0 heterocycles. The molecule has 0 spiro atoms. The molecule has 23 heavy (non-hydrogen) atoms. The monoisotopic (exact) mass is 324 g/mol. The fourth-order valence-corrected chi connectivity index (χ4v) is 1.74. The highest BCUT2D eigenvalue weighted by atomic mass is 16.6. The lowest BCUT2D eigenvalue weighted by atomic mass is 10.2. The Balaban J connectivity index is 2.15. The van der Waals surface area contributed by atoms with E-state index in [1.54, 1.807) is 0 Å². The first-order valence-corrected chi connectivity index (χ1v) is 7.58. The summed E-state index contributed by atoms with van der Waals surface area (Å²) in [7, 11) is 0. The predicted molar refractivity (Wildman–Crippen MR) is 83.7 cm³/mol. The minimum Gasteiger partial charge on any atom is -0.463 e. The molecule has 0 aliphatic rings. The van der Waals surface area contributed by atoms with Crippen LogP contribution in [0, 0.1) is 0 Å². The van der Waals surface area contributed by atoms with Gasteiger partial charge in [-0.25, -0.2) is 0 Å². The van der Waals surface area contributed by atoms with Gasteiger partial charge in [-0.1, -0.05) is 30.3 Å². The molecule has 0 unspecified atom stereocenters. The summed E-state index contributed by atoms with van der Waals surface area (Å²) in [5.74, 6) is -0.791. The summed E-state index contributed by atoms with van der Waals surface area (Å²) in [5.41, 5.74) is 1.12. The largest absolute Gasteiger partial charge is 0.463 e. The van der Waals surface area contributed by atoms with E-state index in [2.05, 4.69) is 0 Å². The van der Waals surface area contributed by atoms with E-state index in [1.165, 1.54) is 13.8 Å². The molecule has 0 saturated heterocycles. The van der Waals surface area contributed by atoms with Crippen molar-refractivity contribution < 1.29 is 28.5 Å². The molecule has 0 aliphatic heterocycles. The van der Waals surface area contributed by atoms with Crippen LogP contribution in [-0.4, -0.2) is 44.5 Å². The Hall–Kier alpha value is -1.92. The molecular formula is C17H24O6. The second-order valence-electron chi connectivity index (χ2n) is 4.99. The molecule has 6 heteroatoms. The lowest BCUT2D eigenvalue weighted by Crippen LogP contribution is -2.28. The SMILES string of the molecule is CC(=O)OCC(COC(C)=O)OCCCOCc1ccccc1. The van der Waals surface area contributed by atoms with E-state index >= 15 is 0 Å². The Labute approximate surface area is 136 Å². The van der Waals surface area contributed by atoms with Crippen LogP contribution in [0.1, 0.15) is 25.8 Å². The van der Waals surface area contributed by atoms with Crippen LogP contribution < -0.4 is 0 Å². The minimum atomic E-state index is -0.461. The fourth-order valence-electron chi connectivity index (χ4n) is 1.74. The molecular weight excluding hydrogens is 300 g/mol. The van der Waals surface area contributed by atoms with E-state index in [9.17, 15) is 9.59 Å². The lowest BCUT2D eigenvalue weighted by molar-refractivity contribution is -0.152. The van der Waals surface area contributed by atoms with Crippen molar-refractivity contribution in [3.8, 4) is 0 Å². The smallest absolute Gasteiger partial charge is 0.302 e. The maximum Gasteiger partial charge on any atom is 0.302 e. The van der Waals surface area contributed by atoms with E-state index in [0.29, 0.717) is 26.2 Å². The van der Waals surface area contributed by atoms with Crippen LogP contribution in [0.5, 0.6) is 0 Å². The van der Waals surface area contributed by atoms with Gasteiger partial charge in [0.15, 0.2) is 0 Å². The molecule has 1 aromatic rings. The molecule has 0 aliphatic carbocycles. The van der Waals surface area contributed by atoms with Crippen molar-refractivity contribution in [2.24, 2.45) is 0 Å². The van der Waals surface area contributed by atoms with Gasteiger partial charge in [0, 0.05) is 27.1 Å². The predicted octanol–water partition coefficient (Wildman–Crippen LogP) is 2.10. The Bertz CT molecular complexity index is 441. The summed E-state index contributed by atoms with van der Waals surface area (Å²) < 4.78 is 20.9. The normalized spacial score (nSPS) is 10.6. The zero-order valence-electron chi connectivity index (χ0n) is 13.7. The van der Waals surface area contributed by atoms with Gasteiger partial charge >= 0.3 is 11.9 Å². The van der Waals surface area contributed by atoms with E-state index in [-0.39, 0.29) is 13.2 Å². The standard InChI is InChI=1S/C17H24O6/c1-14(18)22-12-17(13-23-15(2)19)21-10-6-9-20-11-16-7-4-3-5-8-16/h3-5,7-8,17H,6,9-13H2,1-2H3. The summed E-state index contributed by atoms with van der Waals surface area (Å²) in [6.07, 6.45) is 0.237. The van der Waals surface area contributed by atoms with Gasteiger partial charge in [-0.15, -0.1) is 0 Å². The Morgan fingerprint density at radius 3 is 2.13 bits per heavy atom. The second-order valence-corrected chi connectivity index (χ2v) is 4.99. The number of ether oxygens (including phenoxy) is 4. The summed E-state index contributed by atoms with van der Waals surface area (Å²) >= 11 is 0. The Morgan fingerprint density at radius 2 is 1.57 bits per heavy atom. The van der Waals surface area contributed by atoms with Crippen molar-refractivity contribution in [1.82, 2.24) is 0 Å². The van der Waals surface area contributed by atoms with Crippen LogP contribution in [-0.2, 0) is 35.1 Å². The number of benzene rings is 1. The summed E-state index contributed by atoms with van der Waals surface area (Å²) in [6.45, 7) is 4.32. The summed E-state index contributed by atoms with van der Waals surface area (Å²) in [5, 5.41) is 0. The van der Waals surface area contributed by atoms with Crippen LogP contribution in [0.25, 0.3) is 0 Å². The van der Waals surface area contributed by atoms with E-state index in [1.807, 2.05) is 30.3 Å². The van der Waals surface area contributed by atoms with E-state index in [4.69, 9.17) is 18.9 Å². The number of hydrogen-bond acceptors (Lipinski definition) is 6. The van der Waals surface area contributed by atoms with Crippen molar-refractivity contribution in [3.05, 3.63) is 35.9 Å². The zero-order chi connectivity index (χ0) is 16.9. The molecule has 0 N–H and O–H groups in total. The molecule has 1 aromatic carbocycles. The number of rotatable bonds is 11. The van der Waals surface area contributed by atoms with Crippen molar-refractivity contribution in [2.75, 3.05) is 26.4 Å². The van der Waals surface area contributed by atoms with Gasteiger partial charge in [0.1, 0.15) is 19.3 Å². The highest BCUT2D eigenvalue weighted by Gasteiger charge is 2.13. The highest BCUT2D eigenvalue weighted by Crippen LogP contribution is 2.02. The molecule has 0 fully saturated rings. The average molecular weight is 324 g/mol. The Morgan fingerprint density at radius 1 is 0.957 bits per heavy atom. The molecule has 0 atom stereocenters. The maximum atomic E-state index is 10.8. The van der Waals surface area contributed by atoms with Crippen LogP contribution in [0.2, 0.25) is 0 Å². The molecule has 0 aromatic heterocycles. The lowest BCUT2D eigenvalue weighted by Gasteiger charge is -2.17. The van der Waals surface area contributed by atoms with Gasteiger partial charge in [-0.05, 0) is 12.0 Å². The first kappa shape index (κ1) is 19.1. The van der Waals surface area contributed by atoms with Gasteiger partial charge in [0.05, 0.1) is 6.61 Å². The fraction of sp³-hybridized carbons (Fsp3) is 0.529. The van der Waals surface area contributed by atoms with E-state index < -0.39 is 18.0 Å². The molecule has 0 radical (unpaired) electrons. The van der Waals surface area contributed by atoms with Gasteiger partial charge in [-0.2, -0.15) is 0 Å². The third kappa shape index (κ3) is 10.4. The third-order valence-electron chi connectivity index (χ3n) is 2.84. The molecule has 6 nitrogen and oxygen atoms in total. The van der Waals surface area contributed by atoms with Crippen LogP contribution in [0.3, 0.4) is 0 Å². The summed E-state index contributed by atoms with van der Waals surface area (Å²) in [4.78, 5) is 21.7. The molecule has 0 saturated carbocycles. The minimum absolute atomic E-state index is 0.0630. The van der Waals surface area contributed by atoms with Gasteiger partial charge in [-0.3, -0.25) is 9.59 Å². The number of carbonyl (C=O) groups excluding carboxylic acids is 2. The van der Waals surface area contributed by atoms with Crippen molar-refractivity contribution in [1.29, 1.82) is 0 Å². The summed E-state index contributed by atoms with van der Waals surface area (Å²) in [6, 6.07) is 9.91. The quantitative estimate of drug-likeness (QED) is 0.458. The van der Waals surface area contributed by atoms with Crippen molar-refractivity contribution >= 4 is 11.9 Å². The highest BCUT2D eigenvalue weighted by molar-refractivity contribution is 5.66. The van der Waals surface area contributed by atoms with Crippen LogP contribution in [0.4, 0.5) is 0 Å². The average Bonchev–Trinajstić information content (AvgIpc) is 2.53. The maximum absolute atomic E-state index is 10.8. The van der Waals surface area contributed by atoms with Crippen molar-refractivity contribution in [3.63, 3.8) is 0 Å². The second kappa shape index (κ2) is 11.6. The van der Waals surface area contributed by atoms with Crippen LogP contribution >= 0.6 is 0 Å². The number of carbonyl (C=O) groups is 2. The number of hydrogen-bond donors (Lipinski definition) is 0. The van der Waals surface area contributed by atoms with Gasteiger partial charge < -0.3 is 18.9 Å².